The van der Waals surface area contributed by atoms with Gasteiger partial charge in [0.25, 0.3) is 5.91 Å². The summed E-state index contributed by atoms with van der Waals surface area (Å²) in [4.78, 5) is 18.6. The molecule has 0 spiro atoms. The lowest BCUT2D eigenvalue weighted by atomic mass is 10.2. The maximum atomic E-state index is 12.0. The highest BCUT2D eigenvalue weighted by molar-refractivity contribution is 5.94. The Labute approximate surface area is 125 Å². The number of pyridine rings is 1. The monoisotopic (exact) mass is 293 g/mol. The third-order valence-corrected chi connectivity index (χ3v) is 3.38. The average molecular weight is 293 g/mol. The molecule has 2 rings (SSSR count). The van der Waals surface area contributed by atoms with Gasteiger partial charge in [-0.1, -0.05) is 6.92 Å². The van der Waals surface area contributed by atoms with E-state index in [1.807, 2.05) is 26.0 Å². The van der Waals surface area contributed by atoms with Crippen molar-refractivity contribution >= 4 is 17.4 Å². The largest absolute Gasteiger partial charge is 0.378 e. The first-order valence-corrected chi connectivity index (χ1v) is 7.45. The number of hydrogen-bond donors (Lipinski definition) is 1. The molecule has 1 aliphatic heterocycles. The Hall–Kier alpha value is -1.66. The molecule has 0 radical (unpaired) electrons. The zero-order chi connectivity index (χ0) is 15.1. The molecule has 1 saturated heterocycles. The van der Waals surface area contributed by atoms with E-state index >= 15 is 0 Å². The number of carbonyl (C=O) groups is 1. The molecule has 1 N–H and O–H groups in total. The second kappa shape index (κ2) is 7.95. The number of ether oxygens (including phenoxy) is 2. The normalized spacial score (nSPS) is 16.6. The molecule has 1 amide bonds. The number of anilines is 2. The van der Waals surface area contributed by atoms with Crippen molar-refractivity contribution in [3.8, 4) is 0 Å². The topological polar surface area (TPSA) is 63.7 Å². The molecule has 0 aliphatic carbocycles. The molecule has 21 heavy (non-hydrogen) atoms. The predicted molar refractivity (Wildman–Crippen MR) is 81.6 cm³/mol. The van der Waals surface area contributed by atoms with Crippen LogP contribution in [0.5, 0.6) is 0 Å². The summed E-state index contributed by atoms with van der Waals surface area (Å²) in [5.74, 6) is 0.786. The predicted octanol–water partition coefficient (Wildman–Crippen LogP) is 1.67. The number of carbonyl (C=O) groups excluding carboxylic acids is 1. The SMILES string of the molecule is CCO[C@@H](CC)C(=O)Nc1ccc(N2CCOCC2)nc1. The van der Waals surface area contributed by atoms with Crippen molar-refractivity contribution in [3.63, 3.8) is 0 Å². The maximum Gasteiger partial charge on any atom is 0.253 e. The van der Waals surface area contributed by atoms with E-state index in [2.05, 4.69) is 15.2 Å². The summed E-state index contributed by atoms with van der Waals surface area (Å²) in [5.41, 5.74) is 0.690. The molecule has 1 fully saturated rings. The lowest BCUT2D eigenvalue weighted by molar-refractivity contribution is -0.127. The van der Waals surface area contributed by atoms with Crippen molar-refractivity contribution in [2.45, 2.75) is 26.4 Å². The summed E-state index contributed by atoms with van der Waals surface area (Å²) in [6.07, 6.45) is 1.93. The quantitative estimate of drug-likeness (QED) is 0.864. The van der Waals surface area contributed by atoms with E-state index in [9.17, 15) is 4.79 Å². The molecule has 0 bridgehead atoms. The van der Waals surface area contributed by atoms with Gasteiger partial charge in [-0.25, -0.2) is 4.98 Å². The number of hydrogen-bond acceptors (Lipinski definition) is 5. The fourth-order valence-corrected chi connectivity index (χ4v) is 2.24. The minimum Gasteiger partial charge on any atom is -0.378 e. The maximum absolute atomic E-state index is 12.0. The highest BCUT2D eigenvalue weighted by atomic mass is 16.5. The van der Waals surface area contributed by atoms with Crippen LogP contribution in [0.3, 0.4) is 0 Å². The molecule has 116 valence electrons. The molecular weight excluding hydrogens is 270 g/mol. The van der Waals surface area contributed by atoms with Gasteiger partial charge in [-0.05, 0) is 25.5 Å². The van der Waals surface area contributed by atoms with Crippen LogP contribution in [0.4, 0.5) is 11.5 Å². The molecular formula is C15H23N3O3. The molecule has 6 nitrogen and oxygen atoms in total. The smallest absolute Gasteiger partial charge is 0.253 e. The summed E-state index contributed by atoms with van der Waals surface area (Å²) in [7, 11) is 0. The second-order valence-corrected chi connectivity index (χ2v) is 4.85. The number of nitrogens with zero attached hydrogens (tertiary/aromatic N) is 2. The van der Waals surface area contributed by atoms with Gasteiger partial charge in [-0.2, -0.15) is 0 Å². The molecule has 1 aromatic heterocycles. The summed E-state index contributed by atoms with van der Waals surface area (Å²) < 4.78 is 10.7. The summed E-state index contributed by atoms with van der Waals surface area (Å²) in [6, 6.07) is 3.79. The lowest BCUT2D eigenvalue weighted by Gasteiger charge is -2.27. The third-order valence-electron chi connectivity index (χ3n) is 3.38. The third kappa shape index (κ3) is 4.41. The van der Waals surface area contributed by atoms with Gasteiger partial charge in [0, 0.05) is 19.7 Å². The number of morpholine rings is 1. The van der Waals surface area contributed by atoms with E-state index < -0.39 is 6.10 Å². The Balaban J connectivity index is 1.93. The van der Waals surface area contributed by atoms with Crippen LogP contribution < -0.4 is 10.2 Å². The molecule has 0 unspecified atom stereocenters. The van der Waals surface area contributed by atoms with Crippen LogP contribution in [0.1, 0.15) is 20.3 Å². The molecule has 0 saturated carbocycles. The molecule has 0 aromatic carbocycles. The Kier molecular flexibility index (Phi) is 5.95. The van der Waals surface area contributed by atoms with E-state index in [4.69, 9.17) is 9.47 Å². The van der Waals surface area contributed by atoms with Crippen LogP contribution in [-0.2, 0) is 14.3 Å². The summed E-state index contributed by atoms with van der Waals surface area (Å²) in [6.45, 7) is 7.50. The number of amides is 1. The lowest BCUT2D eigenvalue weighted by Crippen LogP contribution is -2.36. The minimum atomic E-state index is -0.408. The molecule has 1 aromatic rings. The highest BCUT2D eigenvalue weighted by Gasteiger charge is 2.17. The van der Waals surface area contributed by atoms with Crippen molar-refractivity contribution < 1.29 is 14.3 Å². The van der Waals surface area contributed by atoms with Crippen LogP contribution in [0.15, 0.2) is 18.3 Å². The van der Waals surface area contributed by atoms with Crippen LogP contribution in [0.2, 0.25) is 0 Å². The number of nitrogens with one attached hydrogen (secondary N) is 1. The minimum absolute atomic E-state index is 0.125. The Morgan fingerprint density at radius 2 is 2.19 bits per heavy atom. The second-order valence-electron chi connectivity index (χ2n) is 4.85. The standard InChI is InChI=1S/C15H23N3O3/c1-3-13(21-4-2)15(19)17-12-5-6-14(16-11-12)18-7-9-20-10-8-18/h5-6,11,13H,3-4,7-10H2,1-2H3,(H,17,19)/t13-/m0/s1. The van der Waals surface area contributed by atoms with Gasteiger partial charge >= 0.3 is 0 Å². The van der Waals surface area contributed by atoms with Crippen LogP contribution in [-0.4, -0.2) is 49.9 Å². The Bertz CT molecular complexity index is 444. The fourth-order valence-electron chi connectivity index (χ4n) is 2.24. The van der Waals surface area contributed by atoms with Gasteiger partial charge in [-0.3, -0.25) is 4.79 Å². The van der Waals surface area contributed by atoms with Gasteiger partial charge in [0.1, 0.15) is 11.9 Å². The number of rotatable bonds is 6. The van der Waals surface area contributed by atoms with Crippen LogP contribution in [0.25, 0.3) is 0 Å². The molecule has 1 aliphatic rings. The van der Waals surface area contributed by atoms with Gasteiger partial charge < -0.3 is 19.7 Å². The van der Waals surface area contributed by atoms with Gasteiger partial charge in [0.15, 0.2) is 0 Å². The molecule has 2 heterocycles. The van der Waals surface area contributed by atoms with E-state index in [-0.39, 0.29) is 5.91 Å². The fraction of sp³-hybridized carbons (Fsp3) is 0.600. The van der Waals surface area contributed by atoms with E-state index in [1.54, 1.807) is 6.20 Å². The van der Waals surface area contributed by atoms with Crippen LogP contribution in [0, 0.1) is 0 Å². The first-order valence-electron chi connectivity index (χ1n) is 7.45. The van der Waals surface area contributed by atoms with Crippen molar-refractivity contribution in [2.75, 3.05) is 43.1 Å². The van der Waals surface area contributed by atoms with Crippen molar-refractivity contribution in [3.05, 3.63) is 18.3 Å². The van der Waals surface area contributed by atoms with Crippen molar-refractivity contribution in [1.82, 2.24) is 4.98 Å². The summed E-state index contributed by atoms with van der Waals surface area (Å²) in [5, 5.41) is 2.84. The van der Waals surface area contributed by atoms with Gasteiger partial charge in [0.05, 0.1) is 25.1 Å². The van der Waals surface area contributed by atoms with E-state index in [0.717, 1.165) is 32.1 Å². The van der Waals surface area contributed by atoms with Crippen LogP contribution >= 0.6 is 0 Å². The Morgan fingerprint density at radius 3 is 2.76 bits per heavy atom. The molecule has 1 atom stereocenters. The van der Waals surface area contributed by atoms with Gasteiger partial charge in [0.2, 0.25) is 0 Å². The zero-order valence-corrected chi connectivity index (χ0v) is 12.7. The van der Waals surface area contributed by atoms with E-state index in [1.165, 1.54) is 0 Å². The number of aromatic nitrogens is 1. The molecule has 6 heteroatoms. The van der Waals surface area contributed by atoms with Gasteiger partial charge in [-0.15, -0.1) is 0 Å². The summed E-state index contributed by atoms with van der Waals surface area (Å²) >= 11 is 0. The first kappa shape index (κ1) is 15.7. The zero-order valence-electron chi connectivity index (χ0n) is 12.7. The first-order chi connectivity index (χ1) is 10.2. The Morgan fingerprint density at radius 1 is 1.43 bits per heavy atom. The average Bonchev–Trinajstić information content (AvgIpc) is 2.54. The van der Waals surface area contributed by atoms with Crippen molar-refractivity contribution in [2.24, 2.45) is 0 Å². The highest BCUT2D eigenvalue weighted by Crippen LogP contribution is 2.16. The van der Waals surface area contributed by atoms with Crippen molar-refractivity contribution in [1.29, 1.82) is 0 Å². The van der Waals surface area contributed by atoms with E-state index in [0.29, 0.717) is 18.7 Å².